The number of hydrogen-bond donors (Lipinski definition) is 1. The number of thiophene rings is 1. The average molecular weight is 331 g/mol. The van der Waals surface area contributed by atoms with Gasteiger partial charge in [-0.2, -0.15) is 4.31 Å². The molecule has 0 aliphatic carbocycles. The quantitative estimate of drug-likeness (QED) is 0.868. The van der Waals surface area contributed by atoms with Gasteiger partial charge in [0.2, 0.25) is 15.9 Å². The molecule has 1 aliphatic rings. The van der Waals surface area contributed by atoms with Crippen LogP contribution in [0.4, 0.5) is 0 Å². The van der Waals surface area contributed by atoms with Gasteiger partial charge >= 0.3 is 0 Å². The first-order valence-corrected chi connectivity index (χ1v) is 9.10. The highest BCUT2D eigenvalue weighted by atomic mass is 32.2. The minimum atomic E-state index is -3.60. The summed E-state index contributed by atoms with van der Waals surface area (Å²) in [5, 5.41) is 3.16. The van der Waals surface area contributed by atoms with Crippen LogP contribution in [-0.4, -0.2) is 63.3 Å². The van der Waals surface area contributed by atoms with Crippen molar-refractivity contribution in [2.24, 2.45) is 0 Å². The first-order chi connectivity index (χ1) is 9.82. The van der Waals surface area contributed by atoms with E-state index < -0.39 is 10.0 Å². The van der Waals surface area contributed by atoms with Crippen molar-refractivity contribution in [3.05, 3.63) is 15.8 Å². The number of likely N-dealkylation sites (N-methyl/N-ethyl adjacent to an activating group) is 1. The van der Waals surface area contributed by atoms with E-state index in [4.69, 9.17) is 0 Å². The maximum absolute atomic E-state index is 12.5. The zero-order chi connectivity index (χ0) is 15.6. The van der Waals surface area contributed by atoms with E-state index in [0.29, 0.717) is 18.0 Å². The molecule has 0 bridgehead atoms. The summed E-state index contributed by atoms with van der Waals surface area (Å²) in [5.41, 5.74) is 0. The highest BCUT2D eigenvalue weighted by Gasteiger charge is 2.28. The largest absolute Gasteiger partial charge is 0.339 e. The second-order valence-electron chi connectivity index (χ2n) is 5.17. The molecule has 1 saturated heterocycles. The maximum atomic E-state index is 12.5. The molecule has 2 rings (SSSR count). The van der Waals surface area contributed by atoms with Crippen LogP contribution in [0.5, 0.6) is 0 Å². The van der Waals surface area contributed by atoms with Crippen LogP contribution in [0.1, 0.15) is 9.75 Å². The van der Waals surface area contributed by atoms with E-state index in [1.807, 2.05) is 6.92 Å². The van der Waals surface area contributed by atoms with Gasteiger partial charge in [-0.15, -0.1) is 11.3 Å². The van der Waals surface area contributed by atoms with Crippen LogP contribution in [0.2, 0.25) is 0 Å². The lowest BCUT2D eigenvalue weighted by Crippen LogP contribution is -2.49. The van der Waals surface area contributed by atoms with Gasteiger partial charge in [0.15, 0.2) is 0 Å². The molecule has 1 fully saturated rings. The van der Waals surface area contributed by atoms with Crippen LogP contribution in [0.3, 0.4) is 0 Å². The molecule has 0 unspecified atom stereocenters. The van der Waals surface area contributed by atoms with E-state index in [0.717, 1.165) is 27.1 Å². The molecule has 21 heavy (non-hydrogen) atoms. The molecule has 0 spiro atoms. The summed E-state index contributed by atoms with van der Waals surface area (Å²) in [4.78, 5) is 15.9. The van der Waals surface area contributed by atoms with E-state index in [2.05, 4.69) is 5.32 Å². The topological polar surface area (TPSA) is 69.7 Å². The highest BCUT2D eigenvalue weighted by Crippen LogP contribution is 2.27. The summed E-state index contributed by atoms with van der Waals surface area (Å²) in [6.07, 6.45) is 0. The van der Waals surface area contributed by atoms with Gasteiger partial charge in [-0.25, -0.2) is 8.42 Å². The second kappa shape index (κ2) is 6.43. The molecule has 6 nitrogen and oxygen atoms in total. The van der Waals surface area contributed by atoms with Crippen molar-refractivity contribution in [2.75, 3.05) is 39.8 Å². The Bertz CT molecular complexity index is 619. The third kappa shape index (κ3) is 3.63. The van der Waals surface area contributed by atoms with Gasteiger partial charge in [-0.1, -0.05) is 0 Å². The summed E-state index contributed by atoms with van der Waals surface area (Å²) in [6.45, 7) is 6.32. The predicted molar refractivity (Wildman–Crippen MR) is 83.1 cm³/mol. The maximum Gasteiger partial charge on any atom is 0.244 e. The smallest absolute Gasteiger partial charge is 0.244 e. The predicted octanol–water partition coefficient (Wildman–Crippen LogP) is 0.417. The van der Waals surface area contributed by atoms with Crippen molar-refractivity contribution in [1.82, 2.24) is 14.5 Å². The summed E-state index contributed by atoms with van der Waals surface area (Å²) >= 11 is 1.45. The number of aryl methyl sites for hydroxylation is 2. The van der Waals surface area contributed by atoms with Crippen molar-refractivity contribution >= 4 is 27.3 Å². The molecule has 0 radical (unpaired) electrons. The fourth-order valence-corrected chi connectivity index (χ4v) is 4.96. The molecule has 0 atom stereocenters. The zero-order valence-corrected chi connectivity index (χ0v) is 14.2. The molecule has 2 heterocycles. The molecular formula is C13H21N3O3S2. The number of rotatable bonds is 4. The molecule has 8 heteroatoms. The van der Waals surface area contributed by atoms with Gasteiger partial charge in [0.1, 0.15) is 0 Å². The fourth-order valence-electron chi connectivity index (χ4n) is 2.32. The summed E-state index contributed by atoms with van der Waals surface area (Å²) in [6, 6.07) is 1.67. The van der Waals surface area contributed by atoms with E-state index in [1.165, 1.54) is 18.4 Å². The Balaban J connectivity index is 2.09. The van der Waals surface area contributed by atoms with Gasteiger partial charge in [0.05, 0.1) is 11.4 Å². The van der Waals surface area contributed by atoms with Crippen LogP contribution in [0.25, 0.3) is 0 Å². The van der Waals surface area contributed by atoms with E-state index in [9.17, 15) is 13.2 Å². The molecule has 1 aliphatic heterocycles. The number of nitrogens with one attached hydrogen (secondary N) is 1. The van der Waals surface area contributed by atoms with Crippen LogP contribution < -0.4 is 5.32 Å². The monoisotopic (exact) mass is 331 g/mol. The Kier molecular flexibility index (Phi) is 5.03. The third-order valence-corrected chi connectivity index (χ3v) is 6.54. The van der Waals surface area contributed by atoms with E-state index in [1.54, 1.807) is 17.9 Å². The Morgan fingerprint density at radius 1 is 1.38 bits per heavy atom. The standard InChI is InChI=1S/C13H21N3O3S2/c1-10-8-12(11(2)20-10)21(18,19)15(3)9-13(17)16-6-4-14-5-7-16/h8,14H,4-7,9H2,1-3H3. The van der Waals surface area contributed by atoms with E-state index >= 15 is 0 Å². The second-order valence-corrected chi connectivity index (χ2v) is 8.64. The van der Waals surface area contributed by atoms with Crippen molar-refractivity contribution in [3.8, 4) is 0 Å². The number of carbonyl (C=O) groups excluding carboxylic acids is 1. The van der Waals surface area contributed by atoms with Crippen LogP contribution >= 0.6 is 11.3 Å². The Hall–Kier alpha value is -0.960. The summed E-state index contributed by atoms with van der Waals surface area (Å²) in [7, 11) is -2.14. The third-order valence-electron chi connectivity index (χ3n) is 3.51. The van der Waals surface area contributed by atoms with Gasteiger partial charge in [0.25, 0.3) is 0 Å². The van der Waals surface area contributed by atoms with Gasteiger partial charge < -0.3 is 10.2 Å². The number of nitrogens with zero attached hydrogens (tertiary/aromatic N) is 2. The lowest BCUT2D eigenvalue weighted by molar-refractivity contribution is -0.131. The number of hydrogen-bond acceptors (Lipinski definition) is 5. The number of piperazine rings is 1. The number of amides is 1. The Morgan fingerprint density at radius 2 is 2.00 bits per heavy atom. The van der Waals surface area contributed by atoms with Crippen molar-refractivity contribution in [2.45, 2.75) is 18.7 Å². The minimum Gasteiger partial charge on any atom is -0.339 e. The molecule has 118 valence electrons. The Labute approximate surface area is 129 Å². The zero-order valence-electron chi connectivity index (χ0n) is 12.5. The molecule has 1 N–H and O–H groups in total. The van der Waals surface area contributed by atoms with E-state index in [-0.39, 0.29) is 12.5 Å². The first-order valence-electron chi connectivity index (χ1n) is 6.84. The van der Waals surface area contributed by atoms with Crippen LogP contribution in [-0.2, 0) is 14.8 Å². The van der Waals surface area contributed by atoms with Crippen molar-refractivity contribution in [1.29, 1.82) is 0 Å². The molecule has 1 aromatic heterocycles. The molecule has 1 amide bonds. The lowest BCUT2D eigenvalue weighted by atomic mass is 10.3. The minimum absolute atomic E-state index is 0.114. The van der Waals surface area contributed by atoms with Gasteiger partial charge in [-0.3, -0.25) is 4.79 Å². The van der Waals surface area contributed by atoms with Gasteiger partial charge in [0, 0.05) is 43.0 Å². The fraction of sp³-hybridized carbons (Fsp3) is 0.615. The molecule has 0 aromatic carbocycles. The molecule has 1 aromatic rings. The number of carbonyl (C=O) groups is 1. The average Bonchev–Trinajstić information content (AvgIpc) is 2.79. The summed E-state index contributed by atoms with van der Waals surface area (Å²) < 4.78 is 26.2. The highest BCUT2D eigenvalue weighted by molar-refractivity contribution is 7.89. The normalized spacial score (nSPS) is 16.5. The summed E-state index contributed by atoms with van der Waals surface area (Å²) in [5.74, 6) is -0.146. The van der Waals surface area contributed by atoms with Crippen LogP contribution in [0.15, 0.2) is 11.0 Å². The van der Waals surface area contributed by atoms with Crippen LogP contribution in [0, 0.1) is 13.8 Å². The lowest BCUT2D eigenvalue weighted by Gasteiger charge is -2.29. The first kappa shape index (κ1) is 16.4. The van der Waals surface area contributed by atoms with Gasteiger partial charge in [-0.05, 0) is 19.9 Å². The SMILES string of the molecule is Cc1cc(S(=O)(=O)N(C)CC(=O)N2CCNCC2)c(C)s1. The van der Waals surface area contributed by atoms with Crippen molar-refractivity contribution < 1.29 is 13.2 Å². The number of sulfonamides is 1. The molecule has 0 saturated carbocycles. The molecular weight excluding hydrogens is 310 g/mol. The Morgan fingerprint density at radius 3 is 2.52 bits per heavy atom. The van der Waals surface area contributed by atoms with Crippen molar-refractivity contribution in [3.63, 3.8) is 0 Å².